The van der Waals surface area contributed by atoms with Crippen LogP contribution in [0.2, 0.25) is 0 Å². The molecule has 0 aliphatic rings. The summed E-state index contributed by atoms with van der Waals surface area (Å²) in [5.41, 5.74) is 1.24. The van der Waals surface area contributed by atoms with Crippen LogP contribution >= 0.6 is 0 Å². The van der Waals surface area contributed by atoms with Crippen LogP contribution in [0.25, 0.3) is 0 Å². The van der Waals surface area contributed by atoms with E-state index in [1.165, 1.54) is 5.56 Å². The minimum absolute atomic E-state index is 0.127. The Morgan fingerprint density at radius 2 is 1.45 bits per heavy atom. The lowest BCUT2D eigenvalue weighted by Gasteiger charge is -2.05. The fourth-order valence-corrected chi connectivity index (χ4v) is 2.35. The first-order valence-corrected chi connectivity index (χ1v) is 8.21. The molecular weight excluding hydrogens is 278 g/mol. The molecule has 0 radical (unpaired) electrons. The summed E-state index contributed by atoms with van der Waals surface area (Å²) in [4.78, 5) is 22.0. The van der Waals surface area contributed by atoms with Crippen molar-refractivity contribution in [1.29, 1.82) is 0 Å². The van der Waals surface area contributed by atoms with Crippen LogP contribution in [0.15, 0.2) is 30.3 Å². The second-order valence-corrected chi connectivity index (χ2v) is 5.60. The Labute approximate surface area is 132 Å². The Morgan fingerprint density at radius 3 is 2.09 bits per heavy atom. The minimum Gasteiger partial charge on any atom is -0.481 e. The van der Waals surface area contributed by atoms with Crippen LogP contribution in [0.1, 0.15) is 56.9 Å². The molecule has 0 bridgehead atoms. The summed E-state index contributed by atoms with van der Waals surface area (Å²) in [6, 6.07) is 10.1. The van der Waals surface area contributed by atoms with Crippen molar-refractivity contribution in [3.63, 3.8) is 0 Å². The quantitative estimate of drug-likeness (QED) is 0.580. The molecule has 1 aromatic rings. The van der Waals surface area contributed by atoms with Crippen molar-refractivity contribution in [2.24, 2.45) is 0 Å². The zero-order valence-electron chi connectivity index (χ0n) is 13.2. The van der Waals surface area contributed by atoms with E-state index in [4.69, 9.17) is 5.11 Å². The number of carboxylic acids is 1. The lowest BCUT2D eigenvalue weighted by Crippen LogP contribution is -2.25. The van der Waals surface area contributed by atoms with Gasteiger partial charge in [0, 0.05) is 19.4 Å². The summed E-state index contributed by atoms with van der Waals surface area (Å²) < 4.78 is 0. The Bertz CT molecular complexity index is 431. The van der Waals surface area contributed by atoms with Crippen LogP contribution in [0, 0.1) is 0 Å². The number of carboxylic acid groups (broad SMARTS) is 1. The molecule has 4 heteroatoms. The van der Waals surface area contributed by atoms with E-state index >= 15 is 0 Å². The number of nitrogens with one attached hydrogen (secondary N) is 1. The fourth-order valence-electron chi connectivity index (χ4n) is 2.35. The van der Waals surface area contributed by atoms with Gasteiger partial charge in [-0.25, -0.2) is 0 Å². The van der Waals surface area contributed by atoms with Crippen molar-refractivity contribution in [3.8, 4) is 0 Å². The molecule has 0 fully saturated rings. The maximum atomic E-state index is 11.7. The molecule has 4 nitrogen and oxygen atoms in total. The van der Waals surface area contributed by atoms with Crippen LogP contribution in [-0.2, 0) is 16.0 Å². The predicted octanol–water partition coefficient (Wildman–Crippen LogP) is 3.55. The summed E-state index contributed by atoms with van der Waals surface area (Å²) in [7, 11) is 0. The highest BCUT2D eigenvalue weighted by atomic mass is 16.4. The van der Waals surface area contributed by atoms with Gasteiger partial charge in [0.25, 0.3) is 0 Å². The first-order valence-electron chi connectivity index (χ1n) is 8.21. The zero-order chi connectivity index (χ0) is 16.0. The van der Waals surface area contributed by atoms with Crippen molar-refractivity contribution in [2.75, 3.05) is 6.54 Å². The maximum Gasteiger partial charge on any atom is 0.303 e. The van der Waals surface area contributed by atoms with Gasteiger partial charge in [-0.2, -0.15) is 0 Å². The number of carbonyl (C=O) groups is 2. The molecular formula is C18H27NO3. The van der Waals surface area contributed by atoms with Gasteiger partial charge in [0.1, 0.15) is 0 Å². The Kier molecular flexibility index (Phi) is 9.75. The average molecular weight is 305 g/mol. The van der Waals surface area contributed by atoms with Crippen LogP contribution < -0.4 is 5.32 Å². The number of carbonyl (C=O) groups excluding carboxylic acids is 1. The Hall–Kier alpha value is -1.84. The third-order valence-corrected chi connectivity index (χ3v) is 3.62. The van der Waals surface area contributed by atoms with E-state index in [1.807, 2.05) is 18.2 Å². The Balaban J connectivity index is 1.90. The lowest BCUT2D eigenvalue weighted by molar-refractivity contribution is -0.137. The van der Waals surface area contributed by atoms with Gasteiger partial charge in [-0.3, -0.25) is 9.59 Å². The molecule has 0 saturated heterocycles. The normalized spacial score (nSPS) is 10.4. The van der Waals surface area contributed by atoms with E-state index in [1.54, 1.807) is 0 Å². The van der Waals surface area contributed by atoms with Gasteiger partial charge in [-0.05, 0) is 24.8 Å². The zero-order valence-corrected chi connectivity index (χ0v) is 13.2. The molecule has 0 heterocycles. The summed E-state index contributed by atoms with van der Waals surface area (Å²) in [5, 5.41) is 11.5. The summed E-state index contributed by atoms with van der Waals surface area (Å²) in [5.74, 6) is -0.589. The molecule has 0 unspecified atom stereocenters. The number of aliphatic carboxylic acids is 1. The predicted molar refractivity (Wildman–Crippen MR) is 87.7 cm³/mol. The smallest absolute Gasteiger partial charge is 0.303 e. The van der Waals surface area contributed by atoms with E-state index in [9.17, 15) is 9.59 Å². The third kappa shape index (κ3) is 9.97. The first-order chi connectivity index (χ1) is 10.7. The molecule has 1 amide bonds. The van der Waals surface area contributed by atoms with Gasteiger partial charge in [-0.15, -0.1) is 0 Å². The van der Waals surface area contributed by atoms with Crippen molar-refractivity contribution in [2.45, 2.75) is 57.8 Å². The molecule has 1 aromatic carbocycles. The largest absolute Gasteiger partial charge is 0.481 e. The van der Waals surface area contributed by atoms with Gasteiger partial charge >= 0.3 is 5.97 Å². The summed E-state index contributed by atoms with van der Waals surface area (Å²) in [6.45, 7) is 0.692. The van der Waals surface area contributed by atoms with Crippen molar-refractivity contribution in [1.82, 2.24) is 5.32 Å². The SMILES string of the molecule is O=C(O)CCCCCCCCC(=O)NCCc1ccccc1. The topological polar surface area (TPSA) is 66.4 Å². The van der Waals surface area contributed by atoms with Crippen LogP contribution in [0.4, 0.5) is 0 Å². The molecule has 0 aromatic heterocycles. The van der Waals surface area contributed by atoms with Crippen molar-refractivity contribution < 1.29 is 14.7 Å². The number of unbranched alkanes of at least 4 members (excludes halogenated alkanes) is 5. The summed E-state index contributed by atoms with van der Waals surface area (Å²) >= 11 is 0. The summed E-state index contributed by atoms with van der Waals surface area (Å²) in [6.07, 6.45) is 7.55. The number of hydrogen-bond donors (Lipinski definition) is 2. The van der Waals surface area contributed by atoms with E-state index in [0.717, 1.165) is 44.9 Å². The van der Waals surface area contributed by atoms with Gasteiger partial charge in [0.15, 0.2) is 0 Å². The molecule has 122 valence electrons. The monoisotopic (exact) mass is 305 g/mol. The molecule has 2 N–H and O–H groups in total. The molecule has 22 heavy (non-hydrogen) atoms. The van der Waals surface area contributed by atoms with E-state index in [-0.39, 0.29) is 12.3 Å². The number of hydrogen-bond acceptors (Lipinski definition) is 2. The van der Waals surface area contributed by atoms with Crippen LogP contribution in [-0.4, -0.2) is 23.5 Å². The lowest BCUT2D eigenvalue weighted by atomic mass is 10.1. The minimum atomic E-state index is -0.716. The third-order valence-electron chi connectivity index (χ3n) is 3.62. The average Bonchev–Trinajstić information content (AvgIpc) is 2.50. The molecule has 0 saturated carbocycles. The van der Waals surface area contributed by atoms with Crippen LogP contribution in [0.5, 0.6) is 0 Å². The highest BCUT2D eigenvalue weighted by Gasteiger charge is 2.01. The number of benzene rings is 1. The van der Waals surface area contributed by atoms with Gasteiger partial charge in [0.05, 0.1) is 0 Å². The van der Waals surface area contributed by atoms with Gasteiger partial charge in [0.2, 0.25) is 5.91 Å². The fraction of sp³-hybridized carbons (Fsp3) is 0.556. The van der Waals surface area contributed by atoms with Crippen molar-refractivity contribution >= 4 is 11.9 Å². The highest BCUT2D eigenvalue weighted by Crippen LogP contribution is 2.08. The number of rotatable bonds is 12. The van der Waals surface area contributed by atoms with Crippen molar-refractivity contribution in [3.05, 3.63) is 35.9 Å². The van der Waals surface area contributed by atoms with Gasteiger partial charge in [-0.1, -0.05) is 56.0 Å². The molecule has 0 aliphatic heterocycles. The van der Waals surface area contributed by atoms with E-state index < -0.39 is 5.97 Å². The maximum absolute atomic E-state index is 11.7. The molecule has 0 spiro atoms. The second-order valence-electron chi connectivity index (χ2n) is 5.60. The van der Waals surface area contributed by atoms with Gasteiger partial charge < -0.3 is 10.4 Å². The molecule has 0 aliphatic carbocycles. The Morgan fingerprint density at radius 1 is 0.864 bits per heavy atom. The second kappa shape index (κ2) is 11.8. The molecule has 1 rings (SSSR count). The molecule has 0 atom stereocenters. The van der Waals surface area contributed by atoms with Crippen LogP contribution in [0.3, 0.4) is 0 Å². The van der Waals surface area contributed by atoms with E-state index in [0.29, 0.717) is 13.0 Å². The van der Waals surface area contributed by atoms with E-state index in [2.05, 4.69) is 17.4 Å². The first kappa shape index (κ1) is 18.2. The highest BCUT2D eigenvalue weighted by molar-refractivity contribution is 5.75. The number of amides is 1. The standard InChI is InChI=1S/C18H27NO3/c20-17(19-15-14-16-10-6-5-7-11-16)12-8-3-1-2-4-9-13-18(21)22/h5-7,10-11H,1-4,8-9,12-15H2,(H,19,20)(H,21,22).